The topological polar surface area (TPSA) is 128 Å². The van der Waals surface area contributed by atoms with E-state index < -0.39 is 24.5 Å². The highest BCUT2D eigenvalue weighted by atomic mass is 16.5. The van der Waals surface area contributed by atoms with Crippen LogP contribution in [0.15, 0.2) is 59.3 Å². The van der Waals surface area contributed by atoms with Gasteiger partial charge in [0.25, 0.3) is 5.91 Å². The number of carbonyl (C=O) groups excluding carboxylic acids is 2. The normalized spacial score (nSPS) is 12.1. The van der Waals surface area contributed by atoms with Crippen molar-refractivity contribution in [3.63, 3.8) is 0 Å². The van der Waals surface area contributed by atoms with E-state index in [2.05, 4.69) is 10.3 Å². The lowest BCUT2D eigenvalue weighted by atomic mass is 10.1. The molecule has 2 amide bonds. The van der Waals surface area contributed by atoms with Crippen LogP contribution >= 0.6 is 0 Å². The first kappa shape index (κ1) is 19.4. The molecule has 2 aromatic carbocycles. The number of nitrogens with two attached hydrogens (primary N) is 1. The van der Waals surface area contributed by atoms with Crippen LogP contribution < -0.4 is 15.8 Å². The Morgan fingerprint density at radius 3 is 2.83 bits per heavy atom. The molecule has 0 aliphatic rings. The number of rotatable bonds is 6. The maximum Gasteiger partial charge on any atom is 0.256 e. The molecule has 0 aliphatic heterocycles. The lowest BCUT2D eigenvalue weighted by molar-refractivity contribution is -0.120. The average Bonchev–Trinajstić information content (AvgIpc) is 3.07. The highest BCUT2D eigenvalue weighted by Gasteiger charge is 2.23. The number of pyridine rings is 1. The third kappa shape index (κ3) is 3.56. The van der Waals surface area contributed by atoms with Gasteiger partial charge in [-0.2, -0.15) is 0 Å². The van der Waals surface area contributed by atoms with Crippen LogP contribution in [0.5, 0.6) is 11.5 Å². The van der Waals surface area contributed by atoms with Gasteiger partial charge in [0, 0.05) is 28.6 Å². The number of aliphatic hydroxyl groups is 1. The predicted molar refractivity (Wildman–Crippen MR) is 110 cm³/mol. The minimum Gasteiger partial charge on any atom is -0.461 e. The Labute approximate surface area is 171 Å². The molecule has 4 aromatic rings. The van der Waals surface area contributed by atoms with E-state index in [1.165, 1.54) is 0 Å². The van der Waals surface area contributed by atoms with Crippen molar-refractivity contribution in [3.8, 4) is 11.5 Å². The first-order valence-corrected chi connectivity index (χ1v) is 9.22. The number of fused-ring (bicyclic) bond motifs is 2. The quantitative estimate of drug-likeness (QED) is 0.452. The summed E-state index contributed by atoms with van der Waals surface area (Å²) in [4.78, 5) is 28.2. The second kappa shape index (κ2) is 7.84. The zero-order chi connectivity index (χ0) is 21.3. The minimum absolute atomic E-state index is 0.247. The van der Waals surface area contributed by atoms with Crippen LogP contribution in [-0.2, 0) is 4.79 Å². The average molecular weight is 405 g/mol. The van der Waals surface area contributed by atoms with Crippen molar-refractivity contribution in [2.45, 2.75) is 13.0 Å². The molecule has 30 heavy (non-hydrogen) atoms. The van der Waals surface area contributed by atoms with Crippen LogP contribution in [0, 0.1) is 6.92 Å². The van der Waals surface area contributed by atoms with E-state index in [4.69, 9.17) is 14.9 Å². The van der Waals surface area contributed by atoms with Gasteiger partial charge in [-0.25, -0.2) is 0 Å². The van der Waals surface area contributed by atoms with Crippen LogP contribution in [0.4, 0.5) is 0 Å². The molecule has 0 fully saturated rings. The Kier molecular flexibility index (Phi) is 5.07. The van der Waals surface area contributed by atoms with Crippen LogP contribution in [0.2, 0.25) is 0 Å². The van der Waals surface area contributed by atoms with Gasteiger partial charge in [0.15, 0.2) is 0 Å². The Balaban J connectivity index is 1.71. The Bertz CT molecular complexity index is 1260. The van der Waals surface area contributed by atoms with E-state index in [9.17, 15) is 14.7 Å². The van der Waals surface area contributed by atoms with Crippen LogP contribution in [0.1, 0.15) is 16.1 Å². The Morgan fingerprint density at radius 1 is 1.23 bits per heavy atom. The zero-order valence-corrected chi connectivity index (χ0v) is 16.1. The third-order valence-electron chi connectivity index (χ3n) is 4.76. The molecule has 0 spiro atoms. The molecule has 2 aromatic heterocycles. The fraction of sp³-hybridized carbons (Fsp3) is 0.136. The molecule has 4 N–H and O–H groups in total. The molecule has 2 heterocycles. The van der Waals surface area contributed by atoms with Crippen molar-refractivity contribution >= 4 is 33.6 Å². The molecule has 0 saturated carbocycles. The number of primary amides is 1. The first-order valence-electron chi connectivity index (χ1n) is 9.22. The summed E-state index contributed by atoms with van der Waals surface area (Å²) >= 11 is 0. The summed E-state index contributed by atoms with van der Waals surface area (Å²) in [5, 5.41) is 14.0. The van der Waals surface area contributed by atoms with E-state index in [0.29, 0.717) is 28.2 Å². The molecule has 8 heteroatoms. The van der Waals surface area contributed by atoms with Gasteiger partial charge in [0.2, 0.25) is 5.91 Å². The molecule has 1 atom stereocenters. The zero-order valence-electron chi connectivity index (χ0n) is 16.1. The monoisotopic (exact) mass is 405 g/mol. The number of furan rings is 1. The van der Waals surface area contributed by atoms with Gasteiger partial charge in [0.05, 0.1) is 12.2 Å². The minimum atomic E-state index is -1.19. The summed E-state index contributed by atoms with van der Waals surface area (Å²) in [7, 11) is 0. The molecule has 0 bridgehead atoms. The van der Waals surface area contributed by atoms with Gasteiger partial charge in [-0.3, -0.25) is 14.6 Å². The maximum atomic E-state index is 12.7. The number of aromatic nitrogens is 1. The first-order chi connectivity index (χ1) is 14.5. The van der Waals surface area contributed by atoms with Crippen molar-refractivity contribution in [3.05, 3.63) is 66.2 Å². The molecule has 0 unspecified atom stereocenters. The van der Waals surface area contributed by atoms with Crippen LogP contribution in [0.3, 0.4) is 0 Å². The number of aryl methyl sites for hydroxylation is 1. The Morgan fingerprint density at radius 2 is 2.07 bits per heavy atom. The molecule has 8 nitrogen and oxygen atoms in total. The summed E-state index contributed by atoms with van der Waals surface area (Å²) in [6.07, 6.45) is 3.44. The van der Waals surface area contributed by atoms with Crippen molar-refractivity contribution in [1.29, 1.82) is 0 Å². The second-order valence-corrected chi connectivity index (χ2v) is 6.76. The molecule has 152 valence electrons. The third-order valence-corrected chi connectivity index (χ3v) is 4.76. The van der Waals surface area contributed by atoms with Gasteiger partial charge < -0.3 is 25.3 Å². The summed E-state index contributed by atoms with van der Waals surface area (Å²) in [5.41, 5.74) is 5.93. The smallest absolute Gasteiger partial charge is 0.256 e. The van der Waals surface area contributed by atoms with Gasteiger partial charge in [-0.05, 0) is 37.3 Å². The number of hydrogen-bond acceptors (Lipinski definition) is 6. The largest absolute Gasteiger partial charge is 0.461 e. The predicted octanol–water partition coefficient (Wildman–Crippen LogP) is 2.66. The number of nitrogens with one attached hydrogen (secondary N) is 1. The van der Waals surface area contributed by atoms with Gasteiger partial charge in [-0.1, -0.05) is 12.1 Å². The highest BCUT2D eigenvalue weighted by Crippen LogP contribution is 2.33. The maximum absolute atomic E-state index is 12.7. The summed E-state index contributed by atoms with van der Waals surface area (Å²) < 4.78 is 11.7. The van der Waals surface area contributed by atoms with Crippen molar-refractivity contribution in [2.24, 2.45) is 5.73 Å². The van der Waals surface area contributed by atoms with E-state index in [0.717, 1.165) is 10.8 Å². The van der Waals surface area contributed by atoms with E-state index in [1.807, 2.05) is 24.3 Å². The van der Waals surface area contributed by atoms with E-state index >= 15 is 0 Å². The number of aliphatic hydroxyl groups excluding tert-OH is 1. The van der Waals surface area contributed by atoms with Crippen molar-refractivity contribution < 1.29 is 23.8 Å². The van der Waals surface area contributed by atoms with Gasteiger partial charge in [0.1, 0.15) is 28.9 Å². The van der Waals surface area contributed by atoms with Gasteiger partial charge >= 0.3 is 0 Å². The lowest BCUT2D eigenvalue weighted by Gasteiger charge is -2.12. The summed E-state index contributed by atoms with van der Waals surface area (Å²) in [6.45, 7) is 1.05. The molecule has 0 radical (unpaired) electrons. The Hall–Kier alpha value is -3.91. The van der Waals surface area contributed by atoms with Gasteiger partial charge in [-0.15, -0.1) is 0 Å². The summed E-state index contributed by atoms with van der Waals surface area (Å²) in [5.74, 6) is 0.130. The fourth-order valence-electron chi connectivity index (χ4n) is 3.29. The molecular formula is C22H19N3O5. The second-order valence-electron chi connectivity index (χ2n) is 6.76. The molecule has 0 saturated heterocycles. The lowest BCUT2D eigenvalue weighted by Crippen LogP contribution is -2.46. The number of carbonyl (C=O) groups is 2. The summed E-state index contributed by atoms with van der Waals surface area (Å²) in [6, 6.07) is 11.5. The number of amides is 2. The van der Waals surface area contributed by atoms with E-state index in [1.54, 1.807) is 37.5 Å². The number of benzene rings is 2. The number of hydrogen-bond donors (Lipinski definition) is 3. The molecular weight excluding hydrogens is 386 g/mol. The number of nitrogens with zero attached hydrogens (tertiary/aromatic N) is 1. The fourth-order valence-corrected chi connectivity index (χ4v) is 3.29. The van der Waals surface area contributed by atoms with Crippen LogP contribution in [0.25, 0.3) is 21.7 Å². The van der Waals surface area contributed by atoms with E-state index in [-0.39, 0.29) is 5.56 Å². The highest BCUT2D eigenvalue weighted by molar-refractivity contribution is 6.08. The van der Waals surface area contributed by atoms with Crippen molar-refractivity contribution in [2.75, 3.05) is 6.61 Å². The standard InChI is InChI=1S/C22H19N3O5/c1-12-20(22(28)25-17(11-26)21(23)27)16-9-14(5-6-19(16)29-12)30-18-4-2-3-13-10-24-8-7-15(13)18/h2-10,17,26H,11H2,1H3,(H2,23,27)(H,25,28)/t17-/m0/s1. The molecule has 4 rings (SSSR count). The SMILES string of the molecule is Cc1oc2ccc(Oc3cccc4cnccc34)cc2c1C(=O)N[C@@H](CO)C(N)=O. The number of ether oxygens (including phenoxy) is 1. The van der Waals surface area contributed by atoms with Crippen LogP contribution in [-0.4, -0.2) is 34.6 Å². The van der Waals surface area contributed by atoms with Crippen molar-refractivity contribution in [1.82, 2.24) is 10.3 Å². The molecule has 0 aliphatic carbocycles.